The van der Waals surface area contributed by atoms with Gasteiger partial charge >= 0.3 is 5.97 Å². The molecular formula is C9H14N2O5. The van der Waals surface area contributed by atoms with Crippen molar-refractivity contribution in [2.75, 3.05) is 13.1 Å². The average Bonchev–Trinajstić information content (AvgIpc) is 2.56. The first-order valence-corrected chi connectivity index (χ1v) is 4.86. The van der Waals surface area contributed by atoms with Crippen LogP contribution in [0.5, 0.6) is 0 Å². The molecule has 0 aliphatic carbocycles. The minimum Gasteiger partial charge on any atom is -0.480 e. The van der Waals surface area contributed by atoms with Crippen molar-refractivity contribution in [1.82, 2.24) is 10.2 Å². The van der Waals surface area contributed by atoms with Crippen molar-refractivity contribution in [3.63, 3.8) is 0 Å². The molecule has 16 heavy (non-hydrogen) atoms. The van der Waals surface area contributed by atoms with Gasteiger partial charge in [0.25, 0.3) is 0 Å². The summed E-state index contributed by atoms with van der Waals surface area (Å²) in [5.74, 6) is -2.01. The van der Waals surface area contributed by atoms with Crippen molar-refractivity contribution < 1.29 is 24.6 Å². The number of rotatable bonds is 3. The monoisotopic (exact) mass is 230 g/mol. The van der Waals surface area contributed by atoms with Gasteiger partial charge in [0.1, 0.15) is 6.04 Å². The van der Waals surface area contributed by atoms with Crippen molar-refractivity contribution in [3.8, 4) is 0 Å². The third-order valence-corrected chi connectivity index (χ3v) is 2.37. The number of hydrogen-bond donors (Lipinski definition) is 3. The highest BCUT2D eigenvalue weighted by molar-refractivity contribution is 5.88. The molecule has 1 aliphatic rings. The Kier molecular flexibility index (Phi) is 3.83. The van der Waals surface area contributed by atoms with E-state index in [1.165, 1.54) is 6.92 Å². The van der Waals surface area contributed by atoms with E-state index in [0.717, 1.165) is 4.90 Å². The first kappa shape index (κ1) is 12.4. The molecule has 1 saturated heterocycles. The van der Waals surface area contributed by atoms with Crippen LogP contribution in [0.25, 0.3) is 0 Å². The van der Waals surface area contributed by atoms with E-state index >= 15 is 0 Å². The lowest BCUT2D eigenvalue weighted by molar-refractivity contribution is -0.148. The Hall–Kier alpha value is -1.63. The fourth-order valence-corrected chi connectivity index (χ4v) is 1.63. The van der Waals surface area contributed by atoms with Gasteiger partial charge < -0.3 is 20.4 Å². The molecule has 1 heterocycles. The topological polar surface area (TPSA) is 107 Å². The van der Waals surface area contributed by atoms with Gasteiger partial charge in [0.15, 0.2) is 0 Å². The Morgan fingerprint density at radius 2 is 2.06 bits per heavy atom. The van der Waals surface area contributed by atoms with Gasteiger partial charge in [-0.25, -0.2) is 4.79 Å². The molecule has 0 radical (unpaired) electrons. The predicted molar refractivity (Wildman–Crippen MR) is 52.4 cm³/mol. The summed E-state index contributed by atoms with van der Waals surface area (Å²) in [5.41, 5.74) is 0. The van der Waals surface area contributed by atoms with E-state index in [4.69, 9.17) is 5.11 Å². The maximum atomic E-state index is 11.5. The number of amides is 2. The third kappa shape index (κ3) is 2.93. The number of nitrogens with one attached hydrogen (secondary N) is 1. The zero-order valence-electron chi connectivity index (χ0n) is 8.84. The standard InChI is InChI=1S/C9H14N2O5/c1-5(12)10-3-8(14)11-4-6(13)2-7(11)9(15)16/h6-7,13H,2-4H2,1H3,(H,10,12)(H,15,16)/t6-,7-/m1/s1. The Labute approximate surface area is 92.0 Å². The molecule has 1 aliphatic heterocycles. The van der Waals surface area contributed by atoms with Gasteiger partial charge in [-0.2, -0.15) is 0 Å². The normalized spacial score (nSPS) is 24.2. The van der Waals surface area contributed by atoms with Gasteiger partial charge in [0.2, 0.25) is 11.8 Å². The molecular weight excluding hydrogens is 216 g/mol. The molecule has 2 amide bonds. The van der Waals surface area contributed by atoms with Crippen molar-refractivity contribution >= 4 is 17.8 Å². The molecule has 0 aromatic carbocycles. The first-order valence-electron chi connectivity index (χ1n) is 4.86. The summed E-state index contributed by atoms with van der Waals surface area (Å²) in [6.45, 7) is 1.02. The second-order valence-electron chi connectivity index (χ2n) is 3.70. The highest BCUT2D eigenvalue weighted by Crippen LogP contribution is 2.17. The molecule has 1 fully saturated rings. The number of β-amino-alcohol motifs (C(OH)–C–C–N with tert-alkyl or cyclic N) is 1. The van der Waals surface area contributed by atoms with Crippen LogP contribution in [0.1, 0.15) is 13.3 Å². The smallest absolute Gasteiger partial charge is 0.326 e. The van der Waals surface area contributed by atoms with Crippen molar-refractivity contribution in [1.29, 1.82) is 0 Å². The van der Waals surface area contributed by atoms with Crippen molar-refractivity contribution in [3.05, 3.63) is 0 Å². The molecule has 2 atom stereocenters. The summed E-state index contributed by atoms with van der Waals surface area (Å²) in [4.78, 5) is 34.0. The van der Waals surface area contributed by atoms with Crippen LogP contribution in [-0.4, -0.2) is 58.1 Å². The highest BCUT2D eigenvalue weighted by Gasteiger charge is 2.38. The number of aliphatic hydroxyl groups is 1. The van der Waals surface area contributed by atoms with Gasteiger partial charge in [0.05, 0.1) is 12.6 Å². The summed E-state index contributed by atoms with van der Waals surface area (Å²) >= 11 is 0. The maximum Gasteiger partial charge on any atom is 0.326 e. The molecule has 3 N–H and O–H groups in total. The van der Waals surface area contributed by atoms with E-state index in [-0.39, 0.29) is 25.4 Å². The summed E-state index contributed by atoms with van der Waals surface area (Å²) in [6.07, 6.45) is -0.788. The zero-order chi connectivity index (χ0) is 12.3. The van der Waals surface area contributed by atoms with E-state index in [2.05, 4.69) is 5.32 Å². The SMILES string of the molecule is CC(=O)NCC(=O)N1C[C@H](O)C[C@@H]1C(=O)O. The quantitative estimate of drug-likeness (QED) is 0.528. The number of hydrogen-bond acceptors (Lipinski definition) is 4. The molecule has 7 nitrogen and oxygen atoms in total. The molecule has 0 spiro atoms. The van der Waals surface area contributed by atoms with Crippen LogP contribution in [-0.2, 0) is 14.4 Å². The highest BCUT2D eigenvalue weighted by atomic mass is 16.4. The Bertz CT molecular complexity index is 317. The number of carboxylic acids is 1. The number of carboxylic acid groups (broad SMARTS) is 1. The van der Waals surface area contributed by atoms with Crippen LogP contribution in [0.3, 0.4) is 0 Å². The predicted octanol–water partition coefficient (Wildman–Crippen LogP) is -1.83. The van der Waals surface area contributed by atoms with E-state index in [1.54, 1.807) is 0 Å². The molecule has 90 valence electrons. The Morgan fingerprint density at radius 3 is 2.56 bits per heavy atom. The molecule has 0 aromatic heterocycles. The van der Waals surface area contributed by atoms with E-state index in [0.29, 0.717) is 0 Å². The van der Waals surface area contributed by atoms with Gasteiger partial charge in [-0.1, -0.05) is 0 Å². The summed E-state index contributed by atoms with van der Waals surface area (Å²) in [6, 6.07) is -1.00. The number of carbonyl (C=O) groups excluding carboxylic acids is 2. The maximum absolute atomic E-state index is 11.5. The lowest BCUT2D eigenvalue weighted by Gasteiger charge is -2.20. The molecule has 7 heteroatoms. The molecule has 0 aromatic rings. The fourth-order valence-electron chi connectivity index (χ4n) is 1.63. The second kappa shape index (κ2) is 4.93. The number of aliphatic hydroxyl groups excluding tert-OH is 1. The van der Waals surface area contributed by atoms with Gasteiger partial charge in [-0.05, 0) is 0 Å². The Balaban J connectivity index is 2.59. The van der Waals surface area contributed by atoms with Gasteiger partial charge in [-0.15, -0.1) is 0 Å². The van der Waals surface area contributed by atoms with Crippen LogP contribution in [0, 0.1) is 0 Å². The van der Waals surface area contributed by atoms with Crippen LogP contribution >= 0.6 is 0 Å². The first-order chi connectivity index (χ1) is 7.41. The lowest BCUT2D eigenvalue weighted by atomic mass is 10.2. The summed E-state index contributed by atoms with van der Waals surface area (Å²) < 4.78 is 0. The number of nitrogens with zero attached hydrogens (tertiary/aromatic N) is 1. The minimum atomic E-state index is -1.15. The molecule has 0 bridgehead atoms. The number of carbonyl (C=O) groups is 3. The fraction of sp³-hybridized carbons (Fsp3) is 0.667. The summed E-state index contributed by atoms with van der Waals surface area (Å²) in [7, 11) is 0. The van der Waals surface area contributed by atoms with Crippen LogP contribution in [0.15, 0.2) is 0 Å². The van der Waals surface area contributed by atoms with Crippen LogP contribution < -0.4 is 5.32 Å². The van der Waals surface area contributed by atoms with Crippen LogP contribution in [0.2, 0.25) is 0 Å². The van der Waals surface area contributed by atoms with Crippen molar-refractivity contribution in [2.24, 2.45) is 0 Å². The van der Waals surface area contributed by atoms with Gasteiger partial charge in [0, 0.05) is 19.9 Å². The lowest BCUT2D eigenvalue weighted by Crippen LogP contribution is -2.45. The summed E-state index contributed by atoms with van der Waals surface area (Å²) in [5, 5.41) is 20.4. The molecule has 1 rings (SSSR count). The zero-order valence-corrected chi connectivity index (χ0v) is 8.84. The van der Waals surface area contributed by atoms with Crippen molar-refractivity contribution in [2.45, 2.75) is 25.5 Å². The Morgan fingerprint density at radius 1 is 1.44 bits per heavy atom. The van der Waals surface area contributed by atoms with E-state index < -0.39 is 24.0 Å². The van der Waals surface area contributed by atoms with Crippen LogP contribution in [0.4, 0.5) is 0 Å². The van der Waals surface area contributed by atoms with E-state index in [9.17, 15) is 19.5 Å². The third-order valence-electron chi connectivity index (χ3n) is 2.37. The van der Waals surface area contributed by atoms with Gasteiger partial charge in [-0.3, -0.25) is 9.59 Å². The number of likely N-dealkylation sites (tertiary alicyclic amines) is 1. The average molecular weight is 230 g/mol. The molecule has 0 unspecified atom stereocenters. The largest absolute Gasteiger partial charge is 0.480 e. The number of aliphatic carboxylic acids is 1. The molecule has 0 saturated carbocycles. The van der Waals surface area contributed by atoms with E-state index in [1.807, 2.05) is 0 Å². The minimum absolute atomic E-state index is 0.00458. The second-order valence-corrected chi connectivity index (χ2v) is 3.70.